The van der Waals surface area contributed by atoms with Crippen molar-refractivity contribution in [3.63, 3.8) is 0 Å². The molecule has 0 aliphatic heterocycles. The molecule has 65 heavy (non-hydrogen) atoms. The first kappa shape index (κ1) is 62.6. The van der Waals surface area contributed by atoms with Crippen LogP contribution in [0.5, 0.6) is 0 Å². The van der Waals surface area contributed by atoms with E-state index in [-0.39, 0.29) is 31.1 Å². The third-order valence-electron chi connectivity index (χ3n) is 12.6. The molecule has 0 rings (SSSR count). The van der Waals surface area contributed by atoms with Crippen LogP contribution in [0.3, 0.4) is 0 Å². The van der Waals surface area contributed by atoms with Gasteiger partial charge in [-0.15, -0.1) is 0 Å². The molecule has 0 radical (unpaired) electrons. The van der Waals surface area contributed by atoms with Crippen LogP contribution in [-0.2, 0) is 28.6 Å². The SMILES string of the molecule is CCCCC/C=C\C/C=C\CCCCCCCC(=O)O[C@@H](COC(=O)CCCCCCCCC/C=C\CCCCCCCCCC)COC(=O)CCCCCCCCCCCCCCC. The van der Waals surface area contributed by atoms with Crippen molar-refractivity contribution in [3.05, 3.63) is 36.5 Å². The van der Waals surface area contributed by atoms with Crippen molar-refractivity contribution >= 4 is 17.9 Å². The Hall–Kier alpha value is -2.37. The van der Waals surface area contributed by atoms with E-state index >= 15 is 0 Å². The smallest absolute Gasteiger partial charge is 0.306 e. The van der Waals surface area contributed by atoms with Crippen molar-refractivity contribution in [2.45, 2.75) is 309 Å². The second kappa shape index (κ2) is 54.2. The molecule has 0 aromatic rings. The average Bonchev–Trinajstić information content (AvgIpc) is 3.30. The largest absolute Gasteiger partial charge is 0.462 e. The molecular formula is C59H108O6. The molecule has 0 fully saturated rings. The quantitative estimate of drug-likeness (QED) is 0.0262. The van der Waals surface area contributed by atoms with E-state index in [0.717, 1.165) is 83.5 Å². The Morgan fingerprint density at radius 3 is 0.892 bits per heavy atom. The van der Waals surface area contributed by atoms with Gasteiger partial charge in [0.15, 0.2) is 6.10 Å². The molecule has 0 N–H and O–H groups in total. The summed E-state index contributed by atoms with van der Waals surface area (Å²) in [5, 5.41) is 0. The summed E-state index contributed by atoms with van der Waals surface area (Å²) in [7, 11) is 0. The van der Waals surface area contributed by atoms with Gasteiger partial charge >= 0.3 is 17.9 Å². The van der Waals surface area contributed by atoms with Gasteiger partial charge in [0.25, 0.3) is 0 Å². The molecule has 0 spiro atoms. The molecule has 0 aromatic carbocycles. The Morgan fingerprint density at radius 1 is 0.308 bits per heavy atom. The van der Waals surface area contributed by atoms with E-state index in [1.807, 2.05) is 0 Å². The maximum Gasteiger partial charge on any atom is 0.306 e. The van der Waals surface area contributed by atoms with Crippen LogP contribution in [0.25, 0.3) is 0 Å². The van der Waals surface area contributed by atoms with Crippen molar-refractivity contribution in [1.29, 1.82) is 0 Å². The van der Waals surface area contributed by atoms with Gasteiger partial charge in [0.05, 0.1) is 0 Å². The number of ether oxygens (including phenoxy) is 3. The number of hydrogen-bond acceptors (Lipinski definition) is 6. The highest BCUT2D eigenvalue weighted by Gasteiger charge is 2.19. The zero-order chi connectivity index (χ0) is 47.2. The molecule has 0 bridgehead atoms. The summed E-state index contributed by atoms with van der Waals surface area (Å²) in [5.74, 6) is -0.879. The maximum atomic E-state index is 12.8. The highest BCUT2D eigenvalue weighted by molar-refractivity contribution is 5.71. The summed E-state index contributed by atoms with van der Waals surface area (Å²) in [5.41, 5.74) is 0. The van der Waals surface area contributed by atoms with E-state index in [9.17, 15) is 14.4 Å². The lowest BCUT2D eigenvalue weighted by Gasteiger charge is -2.18. The number of carbonyl (C=O) groups is 3. The first-order valence-corrected chi connectivity index (χ1v) is 28.5. The van der Waals surface area contributed by atoms with E-state index in [1.165, 1.54) is 180 Å². The number of hydrogen-bond donors (Lipinski definition) is 0. The van der Waals surface area contributed by atoms with Gasteiger partial charge in [0.2, 0.25) is 0 Å². The number of carbonyl (C=O) groups excluding carboxylic acids is 3. The van der Waals surface area contributed by atoms with Crippen molar-refractivity contribution in [3.8, 4) is 0 Å². The molecular weight excluding hydrogens is 805 g/mol. The second-order valence-electron chi connectivity index (χ2n) is 19.2. The molecule has 0 unspecified atom stereocenters. The van der Waals surface area contributed by atoms with Crippen LogP contribution in [0, 0.1) is 0 Å². The lowest BCUT2D eigenvalue weighted by Crippen LogP contribution is -2.30. The van der Waals surface area contributed by atoms with Crippen LogP contribution in [0.4, 0.5) is 0 Å². The fraction of sp³-hybridized carbons (Fsp3) is 0.847. The summed E-state index contributed by atoms with van der Waals surface area (Å²) >= 11 is 0. The molecule has 6 heteroatoms. The third kappa shape index (κ3) is 52.5. The van der Waals surface area contributed by atoms with Crippen LogP contribution in [0.1, 0.15) is 303 Å². The summed E-state index contributed by atoms with van der Waals surface area (Å²) in [6.07, 6.45) is 64.1. The average molecular weight is 914 g/mol. The van der Waals surface area contributed by atoms with Crippen LogP contribution >= 0.6 is 0 Å². The molecule has 0 saturated heterocycles. The molecule has 0 aliphatic rings. The van der Waals surface area contributed by atoms with Crippen molar-refractivity contribution < 1.29 is 28.6 Å². The minimum Gasteiger partial charge on any atom is -0.462 e. The predicted molar refractivity (Wildman–Crippen MR) is 279 cm³/mol. The van der Waals surface area contributed by atoms with E-state index < -0.39 is 6.10 Å². The van der Waals surface area contributed by atoms with Crippen LogP contribution in [-0.4, -0.2) is 37.2 Å². The second-order valence-corrected chi connectivity index (χ2v) is 19.2. The Labute approximate surface area is 404 Å². The summed E-state index contributed by atoms with van der Waals surface area (Å²) in [6.45, 7) is 6.63. The molecule has 6 nitrogen and oxygen atoms in total. The van der Waals surface area contributed by atoms with Crippen LogP contribution in [0.15, 0.2) is 36.5 Å². The van der Waals surface area contributed by atoms with Crippen molar-refractivity contribution in [2.75, 3.05) is 13.2 Å². The molecule has 0 heterocycles. The Bertz CT molecular complexity index is 1090. The summed E-state index contributed by atoms with van der Waals surface area (Å²) < 4.78 is 16.8. The monoisotopic (exact) mass is 913 g/mol. The van der Waals surface area contributed by atoms with E-state index in [0.29, 0.717) is 19.3 Å². The standard InChI is InChI=1S/C59H108O6/c1-4-7-10-13-16-19-22-25-27-28-29-30-32-34-37-40-43-46-49-52-58(61)64-55-56(54-63-57(60)51-48-45-42-39-36-33-24-21-18-15-12-9-6-3)65-59(62)53-50-47-44-41-38-35-31-26-23-20-17-14-11-8-5-2/h17,20,26,28-29,31,56H,4-16,18-19,21-25,27,30,32-55H2,1-3H3/b20-17-,29-28-,31-26-/t56-/m1/s1. The third-order valence-corrected chi connectivity index (χ3v) is 12.6. The Balaban J connectivity index is 4.34. The van der Waals surface area contributed by atoms with E-state index in [4.69, 9.17) is 14.2 Å². The Kier molecular flexibility index (Phi) is 52.3. The molecule has 0 aliphatic carbocycles. The van der Waals surface area contributed by atoms with Gasteiger partial charge in [0, 0.05) is 19.3 Å². The highest BCUT2D eigenvalue weighted by Crippen LogP contribution is 2.16. The Morgan fingerprint density at radius 2 is 0.554 bits per heavy atom. The zero-order valence-corrected chi connectivity index (χ0v) is 43.5. The van der Waals surface area contributed by atoms with E-state index in [1.54, 1.807) is 0 Å². The first-order valence-electron chi connectivity index (χ1n) is 28.5. The fourth-order valence-corrected chi connectivity index (χ4v) is 8.29. The number of unbranched alkanes of at least 4 members (excludes halogenated alkanes) is 35. The lowest BCUT2D eigenvalue weighted by molar-refractivity contribution is -0.167. The van der Waals surface area contributed by atoms with Gasteiger partial charge in [-0.3, -0.25) is 14.4 Å². The minimum atomic E-state index is -0.778. The maximum absolute atomic E-state index is 12.8. The van der Waals surface area contributed by atoms with Gasteiger partial charge < -0.3 is 14.2 Å². The van der Waals surface area contributed by atoms with Crippen molar-refractivity contribution in [2.24, 2.45) is 0 Å². The molecule has 380 valence electrons. The van der Waals surface area contributed by atoms with Gasteiger partial charge in [-0.05, 0) is 77.0 Å². The molecule has 0 aromatic heterocycles. The van der Waals surface area contributed by atoms with Crippen molar-refractivity contribution in [1.82, 2.24) is 0 Å². The lowest BCUT2D eigenvalue weighted by atomic mass is 10.0. The van der Waals surface area contributed by atoms with Gasteiger partial charge in [-0.2, -0.15) is 0 Å². The van der Waals surface area contributed by atoms with Gasteiger partial charge in [0.1, 0.15) is 13.2 Å². The first-order chi connectivity index (χ1) is 32.0. The van der Waals surface area contributed by atoms with Gasteiger partial charge in [-0.25, -0.2) is 0 Å². The van der Waals surface area contributed by atoms with E-state index in [2.05, 4.69) is 57.2 Å². The zero-order valence-electron chi connectivity index (χ0n) is 43.5. The molecule has 0 amide bonds. The molecule has 0 saturated carbocycles. The van der Waals surface area contributed by atoms with Crippen LogP contribution in [0.2, 0.25) is 0 Å². The fourth-order valence-electron chi connectivity index (χ4n) is 8.29. The summed E-state index contributed by atoms with van der Waals surface area (Å²) in [6, 6.07) is 0. The van der Waals surface area contributed by atoms with Crippen LogP contribution < -0.4 is 0 Å². The minimum absolute atomic E-state index is 0.0759. The topological polar surface area (TPSA) is 78.9 Å². The predicted octanol–water partition coefficient (Wildman–Crippen LogP) is 18.9. The number of allylic oxidation sites excluding steroid dienone is 6. The summed E-state index contributed by atoms with van der Waals surface area (Å²) in [4.78, 5) is 38.1. The number of esters is 3. The van der Waals surface area contributed by atoms with Gasteiger partial charge in [-0.1, -0.05) is 243 Å². The number of rotatable bonds is 52. The normalized spacial score (nSPS) is 12.2. The molecule has 1 atom stereocenters. The highest BCUT2D eigenvalue weighted by atomic mass is 16.6.